The Labute approximate surface area is 81.5 Å². The monoisotopic (exact) mass is 202 g/mol. The van der Waals surface area contributed by atoms with Crippen LogP contribution in [-0.2, 0) is 0 Å². The van der Waals surface area contributed by atoms with Crippen LogP contribution < -0.4 is 4.74 Å². The Hall–Kier alpha value is -0.870. The molecule has 0 saturated heterocycles. The first-order chi connectivity index (χ1) is 6.22. The second-order valence-electron chi connectivity index (χ2n) is 2.54. The summed E-state index contributed by atoms with van der Waals surface area (Å²) in [7, 11) is 0. The average molecular weight is 203 g/mol. The van der Waals surface area contributed by atoms with Crippen molar-refractivity contribution in [3.8, 4) is 5.88 Å². The van der Waals surface area contributed by atoms with Gasteiger partial charge >= 0.3 is 0 Å². The summed E-state index contributed by atoms with van der Waals surface area (Å²) in [5.74, 6) is 0.450. The van der Waals surface area contributed by atoms with Gasteiger partial charge in [0, 0.05) is 24.8 Å². The minimum absolute atomic E-state index is 0.109. The van der Waals surface area contributed by atoms with Crippen LogP contribution in [0.1, 0.15) is 12.1 Å². The molecule has 1 aromatic rings. The van der Waals surface area contributed by atoms with Gasteiger partial charge in [-0.15, -0.1) is 0 Å². The first-order valence-electron chi connectivity index (χ1n) is 3.97. The molecule has 1 heterocycles. The SMILES string of the molecule is Cc1cc(OCCCO)nc(Cl)n1. The summed E-state index contributed by atoms with van der Waals surface area (Å²) in [5, 5.41) is 8.69. The molecule has 4 nitrogen and oxygen atoms in total. The van der Waals surface area contributed by atoms with Crippen molar-refractivity contribution >= 4 is 11.6 Å². The van der Waals surface area contributed by atoms with Crippen LogP contribution in [0.2, 0.25) is 5.28 Å². The van der Waals surface area contributed by atoms with Crippen molar-refractivity contribution in [2.75, 3.05) is 13.2 Å². The largest absolute Gasteiger partial charge is 0.477 e. The maximum Gasteiger partial charge on any atom is 0.225 e. The Bertz CT molecular complexity index is 261. The van der Waals surface area contributed by atoms with Crippen LogP contribution in [0.15, 0.2) is 6.07 Å². The van der Waals surface area contributed by atoms with Crippen LogP contribution in [0.5, 0.6) is 5.88 Å². The summed E-state index contributed by atoms with van der Waals surface area (Å²) in [4.78, 5) is 7.74. The highest BCUT2D eigenvalue weighted by atomic mass is 35.5. The second kappa shape index (κ2) is 4.99. The molecule has 0 radical (unpaired) electrons. The van der Waals surface area contributed by atoms with Crippen LogP contribution >= 0.6 is 11.6 Å². The third kappa shape index (κ3) is 3.57. The number of nitrogens with zero attached hydrogens (tertiary/aromatic N) is 2. The molecule has 0 aliphatic rings. The fraction of sp³-hybridized carbons (Fsp3) is 0.500. The molecule has 0 fully saturated rings. The summed E-state index contributed by atoms with van der Waals surface area (Å²) < 4.78 is 5.21. The van der Waals surface area contributed by atoms with Gasteiger partial charge in [-0.2, -0.15) is 4.98 Å². The number of halogens is 1. The van der Waals surface area contributed by atoms with E-state index in [9.17, 15) is 0 Å². The molecule has 0 atom stereocenters. The third-order valence-corrected chi connectivity index (χ3v) is 1.52. The summed E-state index contributed by atoms with van der Waals surface area (Å²) in [5.41, 5.74) is 0.763. The maximum atomic E-state index is 8.51. The zero-order valence-electron chi connectivity index (χ0n) is 7.33. The summed E-state index contributed by atoms with van der Waals surface area (Å²) in [6, 6.07) is 1.70. The van der Waals surface area contributed by atoms with Crippen molar-refractivity contribution in [3.05, 3.63) is 17.0 Å². The van der Waals surface area contributed by atoms with Gasteiger partial charge in [-0.05, 0) is 18.5 Å². The van der Waals surface area contributed by atoms with Crippen molar-refractivity contribution in [2.45, 2.75) is 13.3 Å². The van der Waals surface area contributed by atoms with E-state index < -0.39 is 0 Å². The van der Waals surface area contributed by atoms with Crippen LogP contribution in [0.3, 0.4) is 0 Å². The molecular weight excluding hydrogens is 192 g/mol. The quantitative estimate of drug-likeness (QED) is 0.589. The smallest absolute Gasteiger partial charge is 0.225 e. The van der Waals surface area contributed by atoms with Gasteiger partial charge in [0.1, 0.15) is 0 Å². The Morgan fingerprint density at radius 3 is 2.92 bits per heavy atom. The van der Waals surface area contributed by atoms with Crippen molar-refractivity contribution < 1.29 is 9.84 Å². The summed E-state index contributed by atoms with van der Waals surface area (Å²) in [6.07, 6.45) is 0.584. The standard InChI is InChI=1S/C8H11ClN2O2/c1-6-5-7(11-8(9)10-6)13-4-2-3-12/h5,12H,2-4H2,1H3. The zero-order chi connectivity index (χ0) is 9.68. The molecule has 1 rings (SSSR count). The molecule has 0 unspecified atom stereocenters. The van der Waals surface area contributed by atoms with Crippen LogP contribution in [0.4, 0.5) is 0 Å². The molecule has 1 aromatic heterocycles. The van der Waals surface area contributed by atoms with E-state index in [1.165, 1.54) is 0 Å². The molecule has 0 aliphatic carbocycles. The lowest BCUT2D eigenvalue weighted by molar-refractivity contribution is 0.229. The van der Waals surface area contributed by atoms with Crippen LogP contribution in [0.25, 0.3) is 0 Å². The van der Waals surface area contributed by atoms with E-state index in [1.54, 1.807) is 6.07 Å². The fourth-order valence-corrected chi connectivity index (χ4v) is 1.04. The van der Waals surface area contributed by atoms with Crippen molar-refractivity contribution in [1.29, 1.82) is 0 Å². The first-order valence-corrected chi connectivity index (χ1v) is 4.35. The van der Waals surface area contributed by atoms with Crippen LogP contribution in [-0.4, -0.2) is 28.3 Å². The molecule has 72 valence electrons. The predicted octanol–water partition coefficient (Wildman–Crippen LogP) is 1.20. The van der Waals surface area contributed by atoms with Gasteiger partial charge in [-0.3, -0.25) is 0 Å². The number of aliphatic hydroxyl groups is 1. The third-order valence-electron chi connectivity index (χ3n) is 1.36. The van der Waals surface area contributed by atoms with E-state index in [2.05, 4.69) is 9.97 Å². The van der Waals surface area contributed by atoms with Crippen molar-refractivity contribution in [3.63, 3.8) is 0 Å². The Morgan fingerprint density at radius 1 is 1.54 bits per heavy atom. The molecule has 13 heavy (non-hydrogen) atoms. The normalized spacial score (nSPS) is 10.1. The van der Waals surface area contributed by atoms with E-state index in [0.717, 1.165) is 5.69 Å². The highest BCUT2D eigenvalue weighted by Gasteiger charge is 1.99. The number of aromatic nitrogens is 2. The topological polar surface area (TPSA) is 55.2 Å². The molecule has 0 aromatic carbocycles. The number of aliphatic hydroxyl groups excluding tert-OH is 1. The van der Waals surface area contributed by atoms with E-state index in [-0.39, 0.29) is 11.9 Å². The van der Waals surface area contributed by atoms with E-state index in [4.69, 9.17) is 21.4 Å². The minimum Gasteiger partial charge on any atom is -0.477 e. The van der Waals surface area contributed by atoms with Gasteiger partial charge in [0.25, 0.3) is 0 Å². The van der Waals surface area contributed by atoms with Gasteiger partial charge in [-0.25, -0.2) is 4.98 Å². The summed E-state index contributed by atoms with van der Waals surface area (Å²) >= 11 is 5.61. The molecule has 0 saturated carbocycles. The molecule has 0 bridgehead atoms. The van der Waals surface area contributed by atoms with E-state index in [1.807, 2.05) is 6.92 Å². The van der Waals surface area contributed by atoms with Gasteiger partial charge < -0.3 is 9.84 Å². The fourth-order valence-electron chi connectivity index (χ4n) is 0.820. The molecule has 5 heteroatoms. The zero-order valence-corrected chi connectivity index (χ0v) is 8.08. The number of rotatable bonds is 4. The van der Waals surface area contributed by atoms with Crippen LogP contribution in [0, 0.1) is 6.92 Å². The molecule has 0 spiro atoms. The highest BCUT2D eigenvalue weighted by Crippen LogP contribution is 2.11. The lowest BCUT2D eigenvalue weighted by Gasteiger charge is -2.04. The predicted molar refractivity (Wildman–Crippen MR) is 49.0 cm³/mol. The number of aryl methyl sites for hydroxylation is 1. The Balaban J connectivity index is 2.56. The molecular formula is C8H11ClN2O2. The van der Waals surface area contributed by atoms with Gasteiger partial charge in [0.05, 0.1) is 6.61 Å². The maximum absolute atomic E-state index is 8.51. The number of hydrogen-bond acceptors (Lipinski definition) is 4. The van der Waals surface area contributed by atoms with Gasteiger partial charge in [0.15, 0.2) is 0 Å². The summed E-state index contributed by atoms with van der Waals surface area (Å²) in [6.45, 7) is 2.35. The minimum atomic E-state index is 0.109. The van der Waals surface area contributed by atoms with E-state index >= 15 is 0 Å². The van der Waals surface area contributed by atoms with Crippen molar-refractivity contribution in [2.24, 2.45) is 0 Å². The Morgan fingerprint density at radius 2 is 2.31 bits per heavy atom. The Kier molecular flexibility index (Phi) is 3.92. The molecule has 0 amide bonds. The van der Waals surface area contributed by atoms with E-state index in [0.29, 0.717) is 18.9 Å². The first kappa shape index (κ1) is 10.2. The van der Waals surface area contributed by atoms with Gasteiger partial charge in [0.2, 0.25) is 11.2 Å². The highest BCUT2D eigenvalue weighted by molar-refractivity contribution is 6.28. The lowest BCUT2D eigenvalue weighted by atomic mass is 10.4. The molecule has 0 aliphatic heterocycles. The lowest BCUT2D eigenvalue weighted by Crippen LogP contribution is -2.02. The number of ether oxygens (including phenoxy) is 1. The number of hydrogen-bond donors (Lipinski definition) is 1. The molecule has 1 N–H and O–H groups in total. The average Bonchev–Trinajstić information content (AvgIpc) is 2.03. The van der Waals surface area contributed by atoms with Crippen molar-refractivity contribution in [1.82, 2.24) is 9.97 Å². The second-order valence-corrected chi connectivity index (χ2v) is 2.88. The van der Waals surface area contributed by atoms with Gasteiger partial charge in [-0.1, -0.05) is 0 Å².